The van der Waals surface area contributed by atoms with Crippen molar-refractivity contribution in [3.05, 3.63) is 89.3 Å². The Bertz CT molecular complexity index is 1210. The molecule has 1 aliphatic heterocycles. The van der Waals surface area contributed by atoms with Crippen LogP contribution in [0.15, 0.2) is 76.8 Å². The van der Waals surface area contributed by atoms with Gasteiger partial charge in [-0.3, -0.25) is 9.59 Å². The molecular formula is C26H23F3N2O4. The van der Waals surface area contributed by atoms with Gasteiger partial charge in [-0.1, -0.05) is 30.3 Å². The second-order valence-corrected chi connectivity index (χ2v) is 8.00. The third-order valence-electron chi connectivity index (χ3n) is 5.43. The minimum Gasteiger partial charge on any atom is -0.457 e. The summed E-state index contributed by atoms with van der Waals surface area (Å²) in [6, 6.07) is 16.1. The van der Waals surface area contributed by atoms with Crippen LogP contribution in [0.3, 0.4) is 0 Å². The summed E-state index contributed by atoms with van der Waals surface area (Å²) >= 11 is 0. The number of alkyl halides is 3. The fourth-order valence-corrected chi connectivity index (χ4v) is 3.63. The highest BCUT2D eigenvalue weighted by Crippen LogP contribution is 2.32. The Morgan fingerprint density at radius 3 is 2.54 bits per heavy atom. The first kappa shape index (κ1) is 24.3. The number of rotatable bonds is 7. The van der Waals surface area contributed by atoms with Crippen molar-refractivity contribution in [1.82, 2.24) is 10.6 Å². The van der Waals surface area contributed by atoms with Gasteiger partial charge in [0.25, 0.3) is 11.8 Å². The molecule has 4 rings (SSSR count). The maximum Gasteiger partial charge on any atom is 0.416 e. The summed E-state index contributed by atoms with van der Waals surface area (Å²) in [4.78, 5) is 25.6. The molecule has 0 aliphatic carbocycles. The third kappa shape index (κ3) is 6.39. The van der Waals surface area contributed by atoms with Gasteiger partial charge in [0.2, 0.25) is 0 Å². The van der Waals surface area contributed by atoms with Crippen molar-refractivity contribution in [3.8, 4) is 11.3 Å². The molecule has 1 saturated heterocycles. The molecule has 0 unspecified atom stereocenters. The summed E-state index contributed by atoms with van der Waals surface area (Å²) in [6.45, 7) is 0.920. The van der Waals surface area contributed by atoms with E-state index in [2.05, 4.69) is 10.6 Å². The molecule has 1 aromatic heterocycles. The normalized spacial score (nSPS) is 16.2. The number of halogens is 3. The van der Waals surface area contributed by atoms with Crippen molar-refractivity contribution in [2.45, 2.75) is 25.1 Å². The quantitative estimate of drug-likeness (QED) is 0.461. The largest absolute Gasteiger partial charge is 0.457 e. The summed E-state index contributed by atoms with van der Waals surface area (Å²) in [5, 5.41) is 5.35. The number of carbonyl (C=O) groups excluding carboxylic acids is 2. The lowest BCUT2D eigenvalue weighted by Crippen LogP contribution is -2.38. The third-order valence-corrected chi connectivity index (χ3v) is 5.43. The van der Waals surface area contributed by atoms with Gasteiger partial charge in [-0.2, -0.15) is 13.2 Å². The van der Waals surface area contributed by atoms with Crippen molar-refractivity contribution < 1.29 is 31.9 Å². The first-order chi connectivity index (χ1) is 16.8. The Hall–Kier alpha value is -3.85. The van der Waals surface area contributed by atoms with E-state index in [0.29, 0.717) is 12.2 Å². The van der Waals surface area contributed by atoms with Crippen LogP contribution in [0, 0.1) is 0 Å². The molecule has 9 heteroatoms. The molecule has 0 radical (unpaired) electrons. The zero-order chi connectivity index (χ0) is 24.8. The SMILES string of the molecule is O=C(NC[C@H]1CCCO1)/C(=C/c1ccc(-c2cccc(C(F)(F)F)c2)o1)NC(=O)c1ccccc1. The van der Waals surface area contributed by atoms with Crippen molar-refractivity contribution in [1.29, 1.82) is 0 Å². The smallest absolute Gasteiger partial charge is 0.416 e. The van der Waals surface area contributed by atoms with Gasteiger partial charge in [0.15, 0.2) is 0 Å². The molecule has 0 spiro atoms. The van der Waals surface area contributed by atoms with Gasteiger partial charge in [0, 0.05) is 30.4 Å². The standard InChI is InChI=1S/C26H23F3N2O4/c27-26(28,29)19-9-4-8-18(14-19)23-12-11-20(35-23)15-22(25(33)30-16-21-10-5-13-34-21)31-24(32)17-6-2-1-3-7-17/h1-4,6-9,11-12,14-15,21H,5,10,13,16H2,(H,30,33)(H,31,32)/b22-15-/t21-/m1/s1. The van der Waals surface area contributed by atoms with Gasteiger partial charge in [-0.15, -0.1) is 0 Å². The lowest BCUT2D eigenvalue weighted by molar-refractivity contribution is -0.137. The van der Waals surface area contributed by atoms with Crippen LogP contribution >= 0.6 is 0 Å². The number of benzene rings is 2. The van der Waals surface area contributed by atoms with E-state index in [0.717, 1.165) is 25.0 Å². The Kier molecular flexibility index (Phi) is 7.36. The number of nitrogens with one attached hydrogen (secondary N) is 2. The number of hydrogen-bond acceptors (Lipinski definition) is 4. The van der Waals surface area contributed by atoms with Crippen LogP contribution < -0.4 is 10.6 Å². The molecule has 1 aliphatic rings. The second kappa shape index (κ2) is 10.6. The Morgan fingerprint density at radius 2 is 1.83 bits per heavy atom. The number of ether oxygens (including phenoxy) is 1. The van der Waals surface area contributed by atoms with Gasteiger partial charge in [-0.05, 0) is 49.2 Å². The van der Waals surface area contributed by atoms with Crippen molar-refractivity contribution in [2.75, 3.05) is 13.2 Å². The Morgan fingerprint density at radius 1 is 1.03 bits per heavy atom. The highest BCUT2D eigenvalue weighted by Gasteiger charge is 2.30. The van der Waals surface area contributed by atoms with Crippen molar-refractivity contribution in [2.24, 2.45) is 0 Å². The molecule has 2 heterocycles. The summed E-state index contributed by atoms with van der Waals surface area (Å²) in [7, 11) is 0. The molecule has 6 nitrogen and oxygen atoms in total. The predicted octanol–water partition coefficient (Wildman–Crippen LogP) is 5.03. The number of carbonyl (C=O) groups is 2. The molecule has 1 fully saturated rings. The molecule has 3 aromatic rings. The van der Waals surface area contributed by atoms with E-state index >= 15 is 0 Å². The van der Waals surface area contributed by atoms with Crippen LogP contribution in [0.1, 0.15) is 34.5 Å². The number of furan rings is 1. The minimum atomic E-state index is -4.48. The van der Waals surface area contributed by atoms with Gasteiger partial charge in [-0.25, -0.2) is 0 Å². The first-order valence-corrected chi connectivity index (χ1v) is 11.0. The van der Waals surface area contributed by atoms with Crippen LogP contribution in [0.4, 0.5) is 13.2 Å². The van der Waals surface area contributed by atoms with E-state index < -0.39 is 23.6 Å². The summed E-state index contributed by atoms with van der Waals surface area (Å²) in [5.41, 5.74) is -0.277. The van der Waals surface area contributed by atoms with Crippen molar-refractivity contribution in [3.63, 3.8) is 0 Å². The van der Waals surface area contributed by atoms with Gasteiger partial charge in [0.05, 0.1) is 11.7 Å². The number of hydrogen-bond donors (Lipinski definition) is 2. The van der Waals surface area contributed by atoms with Gasteiger partial charge >= 0.3 is 6.18 Å². The highest BCUT2D eigenvalue weighted by atomic mass is 19.4. The van der Waals surface area contributed by atoms with Crippen LogP contribution in [-0.4, -0.2) is 31.1 Å². The first-order valence-electron chi connectivity index (χ1n) is 11.0. The average Bonchev–Trinajstić information content (AvgIpc) is 3.54. The maximum absolute atomic E-state index is 13.1. The molecule has 1 atom stereocenters. The lowest BCUT2D eigenvalue weighted by atomic mass is 10.1. The van der Waals surface area contributed by atoms with E-state index in [4.69, 9.17) is 9.15 Å². The van der Waals surface area contributed by atoms with Gasteiger partial charge in [0.1, 0.15) is 17.2 Å². The van der Waals surface area contributed by atoms with E-state index in [1.807, 2.05) is 0 Å². The number of amides is 2. The zero-order valence-electron chi connectivity index (χ0n) is 18.6. The Balaban J connectivity index is 1.57. The second-order valence-electron chi connectivity index (χ2n) is 8.00. The summed E-state index contributed by atoms with van der Waals surface area (Å²) in [6.07, 6.45) is -1.50. The molecule has 0 bridgehead atoms. The summed E-state index contributed by atoms with van der Waals surface area (Å²) < 4.78 is 50.4. The topological polar surface area (TPSA) is 80.6 Å². The molecule has 0 saturated carbocycles. The zero-order valence-corrected chi connectivity index (χ0v) is 18.6. The van der Waals surface area contributed by atoms with Crippen LogP contribution in [0.25, 0.3) is 17.4 Å². The van der Waals surface area contributed by atoms with E-state index in [-0.39, 0.29) is 35.4 Å². The molecule has 2 aromatic carbocycles. The predicted molar refractivity (Wildman–Crippen MR) is 123 cm³/mol. The fourth-order valence-electron chi connectivity index (χ4n) is 3.63. The molecule has 35 heavy (non-hydrogen) atoms. The van der Waals surface area contributed by atoms with Gasteiger partial charge < -0.3 is 19.8 Å². The fraction of sp³-hybridized carbons (Fsp3) is 0.231. The lowest BCUT2D eigenvalue weighted by Gasteiger charge is -2.13. The molecular weight excluding hydrogens is 461 g/mol. The monoisotopic (exact) mass is 484 g/mol. The van der Waals surface area contributed by atoms with Crippen LogP contribution in [-0.2, 0) is 15.7 Å². The van der Waals surface area contributed by atoms with Crippen LogP contribution in [0.2, 0.25) is 0 Å². The molecule has 2 amide bonds. The maximum atomic E-state index is 13.1. The van der Waals surface area contributed by atoms with Crippen LogP contribution in [0.5, 0.6) is 0 Å². The van der Waals surface area contributed by atoms with E-state index in [1.165, 1.54) is 30.3 Å². The summed E-state index contributed by atoms with van der Waals surface area (Å²) in [5.74, 6) is -0.653. The van der Waals surface area contributed by atoms with Crippen molar-refractivity contribution >= 4 is 17.9 Å². The molecule has 182 valence electrons. The van der Waals surface area contributed by atoms with E-state index in [1.54, 1.807) is 30.3 Å². The Labute approximate surface area is 199 Å². The van der Waals surface area contributed by atoms with E-state index in [9.17, 15) is 22.8 Å². The molecule has 2 N–H and O–H groups in total. The average molecular weight is 484 g/mol. The minimum absolute atomic E-state index is 0.0678. The highest BCUT2D eigenvalue weighted by molar-refractivity contribution is 6.05.